The van der Waals surface area contributed by atoms with Crippen molar-refractivity contribution in [2.24, 2.45) is 5.92 Å². The summed E-state index contributed by atoms with van der Waals surface area (Å²) in [5.74, 6) is 0.271. The Morgan fingerprint density at radius 1 is 1.11 bits per heavy atom. The van der Waals surface area contributed by atoms with Gasteiger partial charge in [-0.1, -0.05) is 44.2 Å². The van der Waals surface area contributed by atoms with E-state index in [4.69, 9.17) is 0 Å². The van der Waals surface area contributed by atoms with Crippen LogP contribution in [0.3, 0.4) is 0 Å². The lowest BCUT2D eigenvalue weighted by Gasteiger charge is -2.31. The highest BCUT2D eigenvalue weighted by atomic mass is 16.1. The molecule has 2 heteroatoms. The van der Waals surface area contributed by atoms with Gasteiger partial charge in [-0.25, -0.2) is 0 Å². The summed E-state index contributed by atoms with van der Waals surface area (Å²) >= 11 is 0. The molecule has 0 aliphatic carbocycles. The molecule has 0 N–H and O–H groups in total. The van der Waals surface area contributed by atoms with Crippen molar-refractivity contribution in [1.82, 2.24) is 4.90 Å². The van der Waals surface area contributed by atoms with E-state index in [-0.39, 0.29) is 11.7 Å². The zero-order valence-electron chi connectivity index (χ0n) is 11.9. The molecule has 0 radical (unpaired) electrons. The van der Waals surface area contributed by atoms with E-state index in [9.17, 15) is 4.79 Å². The quantitative estimate of drug-likeness (QED) is 0.766. The van der Waals surface area contributed by atoms with Crippen LogP contribution < -0.4 is 0 Å². The molecule has 1 heterocycles. The van der Waals surface area contributed by atoms with Crippen molar-refractivity contribution in [3.05, 3.63) is 42.0 Å². The van der Waals surface area contributed by atoms with Gasteiger partial charge in [0.15, 0.2) is 5.78 Å². The number of likely N-dealkylation sites (tertiary alicyclic amines) is 1. The number of hydrogen-bond donors (Lipinski definition) is 0. The summed E-state index contributed by atoms with van der Waals surface area (Å²) in [6.45, 7) is 6.04. The van der Waals surface area contributed by atoms with Crippen molar-refractivity contribution in [3.63, 3.8) is 0 Å². The predicted octanol–water partition coefficient (Wildman–Crippen LogP) is 3.74. The van der Waals surface area contributed by atoms with Gasteiger partial charge < -0.3 is 4.90 Å². The van der Waals surface area contributed by atoms with Crippen molar-refractivity contribution in [3.8, 4) is 0 Å². The lowest BCUT2D eigenvalue weighted by Crippen LogP contribution is -2.29. The second kappa shape index (κ2) is 6.55. The van der Waals surface area contributed by atoms with Crippen LogP contribution in [0, 0.1) is 5.92 Å². The third kappa shape index (κ3) is 3.69. The van der Waals surface area contributed by atoms with Gasteiger partial charge in [0.1, 0.15) is 0 Å². The van der Waals surface area contributed by atoms with Gasteiger partial charge in [-0.15, -0.1) is 0 Å². The van der Waals surface area contributed by atoms with Crippen molar-refractivity contribution < 1.29 is 4.79 Å². The van der Waals surface area contributed by atoms with Crippen molar-refractivity contribution in [1.29, 1.82) is 0 Å². The molecular formula is C17H23NO. The van der Waals surface area contributed by atoms with Crippen LogP contribution in [0.15, 0.2) is 36.4 Å². The standard InChI is InChI=1S/C17H23NO/c1-14(2)17(19)13-16(15-9-5-3-6-10-15)18-11-7-4-8-12-18/h3,5-6,9-10,13-14H,4,7-8,11-12H2,1-2H3/b16-13+. The molecule has 0 bridgehead atoms. The van der Waals surface area contributed by atoms with Gasteiger partial charge in [0, 0.05) is 30.8 Å². The summed E-state index contributed by atoms with van der Waals surface area (Å²) in [4.78, 5) is 14.4. The van der Waals surface area contributed by atoms with E-state index in [1.807, 2.05) is 38.1 Å². The molecule has 2 nitrogen and oxygen atoms in total. The van der Waals surface area contributed by atoms with Crippen LogP contribution in [0.1, 0.15) is 38.7 Å². The molecule has 1 saturated heterocycles. The third-order valence-corrected chi connectivity index (χ3v) is 3.61. The molecule has 19 heavy (non-hydrogen) atoms. The van der Waals surface area contributed by atoms with E-state index < -0.39 is 0 Å². The molecule has 1 aliphatic heterocycles. The molecule has 0 saturated carbocycles. The Bertz CT molecular complexity index is 442. The predicted molar refractivity (Wildman–Crippen MR) is 79.7 cm³/mol. The van der Waals surface area contributed by atoms with E-state index in [1.165, 1.54) is 19.3 Å². The van der Waals surface area contributed by atoms with Crippen LogP contribution in [0.2, 0.25) is 0 Å². The molecule has 1 fully saturated rings. The fourth-order valence-electron chi connectivity index (χ4n) is 2.40. The number of piperidine rings is 1. The topological polar surface area (TPSA) is 20.3 Å². The first-order valence-corrected chi connectivity index (χ1v) is 7.24. The van der Waals surface area contributed by atoms with Crippen LogP contribution in [-0.4, -0.2) is 23.8 Å². The van der Waals surface area contributed by atoms with E-state index >= 15 is 0 Å². The first kappa shape index (κ1) is 13.9. The zero-order valence-corrected chi connectivity index (χ0v) is 11.9. The highest BCUT2D eigenvalue weighted by molar-refractivity contribution is 5.97. The number of ketones is 1. The Morgan fingerprint density at radius 2 is 1.74 bits per heavy atom. The summed E-state index contributed by atoms with van der Waals surface area (Å²) in [5, 5.41) is 0. The van der Waals surface area contributed by atoms with Crippen LogP contribution in [-0.2, 0) is 4.79 Å². The minimum Gasteiger partial charge on any atom is -0.371 e. The van der Waals surface area contributed by atoms with Gasteiger partial charge in [0.2, 0.25) is 0 Å². The summed E-state index contributed by atoms with van der Waals surface area (Å²) in [5.41, 5.74) is 2.25. The number of carbonyl (C=O) groups is 1. The number of hydrogen-bond acceptors (Lipinski definition) is 2. The van der Waals surface area contributed by atoms with Gasteiger partial charge in [-0.3, -0.25) is 4.79 Å². The first-order valence-electron chi connectivity index (χ1n) is 7.24. The monoisotopic (exact) mass is 257 g/mol. The van der Waals surface area contributed by atoms with Crippen molar-refractivity contribution >= 4 is 11.5 Å². The maximum Gasteiger partial charge on any atom is 0.160 e. The summed E-state index contributed by atoms with van der Waals surface area (Å²) < 4.78 is 0. The minimum atomic E-state index is 0.0588. The van der Waals surface area contributed by atoms with E-state index in [0.717, 1.165) is 24.4 Å². The average molecular weight is 257 g/mol. The number of benzene rings is 1. The summed E-state index contributed by atoms with van der Waals surface area (Å²) in [6, 6.07) is 10.3. The van der Waals surface area contributed by atoms with Crippen LogP contribution in [0.5, 0.6) is 0 Å². The summed E-state index contributed by atoms with van der Waals surface area (Å²) in [7, 11) is 0. The van der Waals surface area contributed by atoms with Crippen molar-refractivity contribution in [2.75, 3.05) is 13.1 Å². The highest BCUT2D eigenvalue weighted by Gasteiger charge is 2.17. The SMILES string of the molecule is CC(C)C(=O)/C=C(\c1ccccc1)N1CCCCC1. The van der Waals surface area contributed by atoms with Crippen LogP contribution in [0.4, 0.5) is 0 Å². The number of nitrogens with zero attached hydrogens (tertiary/aromatic N) is 1. The molecule has 1 aromatic carbocycles. The Kier molecular flexibility index (Phi) is 4.78. The fraction of sp³-hybridized carbons (Fsp3) is 0.471. The number of rotatable bonds is 4. The molecule has 1 aliphatic rings. The normalized spacial score (nSPS) is 16.8. The van der Waals surface area contributed by atoms with Gasteiger partial charge >= 0.3 is 0 Å². The fourth-order valence-corrected chi connectivity index (χ4v) is 2.40. The Labute approximate surface area is 116 Å². The second-order valence-electron chi connectivity index (χ2n) is 5.50. The van der Waals surface area contributed by atoms with Crippen LogP contribution >= 0.6 is 0 Å². The van der Waals surface area contributed by atoms with E-state index in [1.54, 1.807) is 0 Å². The Hall–Kier alpha value is -1.57. The van der Waals surface area contributed by atoms with Crippen LogP contribution in [0.25, 0.3) is 5.70 Å². The number of allylic oxidation sites excluding steroid dienone is 1. The zero-order chi connectivity index (χ0) is 13.7. The molecule has 0 spiro atoms. The molecule has 0 unspecified atom stereocenters. The molecule has 0 amide bonds. The first-order chi connectivity index (χ1) is 9.18. The Balaban J connectivity index is 2.30. The van der Waals surface area contributed by atoms with E-state index in [2.05, 4.69) is 17.0 Å². The summed E-state index contributed by atoms with van der Waals surface area (Å²) in [6.07, 6.45) is 5.59. The molecule has 1 aromatic rings. The minimum absolute atomic E-state index is 0.0588. The second-order valence-corrected chi connectivity index (χ2v) is 5.50. The van der Waals surface area contributed by atoms with Gasteiger partial charge in [0.25, 0.3) is 0 Å². The lowest BCUT2D eigenvalue weighted by atomic mass is 10.0. The van der Waals surface area contributed by atoms with E-state index in [0.29, 0.717) is 0 Å². The molecular weight excluding hydrogens is 234 g/mol. The molecule has 0 atom stereocenters. The Morgan fingerprint density at radius 3 is 2.32 bits per heavy atom. The number of carbonyl (C=O) groups excluding carboxylic acids is 1. The third-order valence-electron chi connectivity index (χ3n) is 3.61. The smallest absolute Gasteiger partial charge is 0.160 e. The van der Waals surface area contributed by atoms with Gasteiger partial charge in [-0.05, 0) is 24.8 Å². The lowest BCUT2D eigenvalue weighted by molar-refractivity contribution is -0.117. The highest BCUT2D eigenvalue weighted by Crippen LogP contribution is 2.24. The largest absolute Gasteiger partial charge is 0.371 e. The molecule has 2 rings (SSSR count). The molecule has 102 valence electrons. The maximum atomic E-state index is 12.1. The van der Waals surface area contributed by atoms with Gasteiger partial charge in [0.05, 0.1) is 0 Å². The molecule has 0 aromatic heterocycles. The van der Waals surface area contributed by atoms with Gasteiger partial charge in [-0.2, -0.15) is 0 Å². The average Bonchev–Trinajstić information content (AvgIpc) is 2.46. The maximum absolute atomic E-state index is 12.1. The van der Waals surface area contributed by atoms with Crippen molar-refractivity contribution in [2.45, 2.75) is 33.1 Å².